The second-order valence-corrected chi connectivity index (χ2v) is 18.6. The zero-order valence-corrected chi connectivity index (χ0v) is 44.8. The van der Waals surface area contributed by atoms with Crippen LogP contribution in [0.25, 0.3) is 0 Å². The Bertz CT molecular complexity index is 1420. The standard InChI is InChI=1S/C63H104O6/c1-4-7-10-13-16-19-22-25-28-31-33-35-38-41-44-47-50-53-56-62(65)68-59-60(58-67-61(64)55-52-49-46-43-40-37-34-30-27-24-21-18-15-12-9-6-3)69-63(66)57-54-51-48-45-42-39-36-32-29-26-23-20-17-14-11-8-5-2/h17,20,22,25-26,28-31,33-37,39-40,45,48,60H,4-16,18-19,21,23-24,27,32,38,41-44,46-47,49-59H2,1-3H3/b20-17-,25-22-,29-26-,31-28-,34-30-,35-33-,39-36-,40-37-,48-45-. The van der Waals surface area contributed by atoms with Crippen LogP contribution in [-0.4, -0.2) is 37.2 Å². The van der Waals surface area contributed by atoms with Gasteiger partial charge in [0.05, 0.1) is 0 Å². The van der Waals surface area contributed by atoms with Gasteiger partial charge in [-0.1, -0.05) is 233 Å². The first-order chi connectivity index (χ1) is 34.0. The number of carbonyl (C=O) groups is 3. The van der Waals surface area contributed by atoms with Gasteiger partial charge in [-0.3, -0.25) is 14.4 Å². The van der Waals surface area contributed by atoms with E-state index in [1.54, 1.807) is 0 Å². The number of carbonyl (C=O) groups excluding carboxylic acids is 3. The van der Waals surface area contributed by atoms with E-state index in [-0.39, 0.29) is 37.5 Å². The van der Waals surface area contributed by atoms with Gasteiger partial charge in [0, 0.05) is 19.3 Å². The van der Waals surface area contributed by atoms with E-state index in [1.165, 1.54) is 103 Å². The normalized spacial score (nSPS) is 12.9. The average Bonchev–Trinajstić information content (AvgIpc) is 3.35. The van der Waals surface area contributed by atoms with Gasteiger partial charge in [0.15, 0.2) is 6.10 Å². The summed E-state index contributed by atoms with van der Waals surface area (Å²) in [6.45, 7) is 6.50. The lowest BCUT2D eigenvalue weighted by molar-refractivity contribution is -0.167. The van der Waals surface area contributed by atoms with Crippen LogP contribution in [-0.2, 0) is 28.6 Å². The maximum absolute atomic E-state index is 12.8. The molecule has 0 aromatic carbocycles. The predicted molar refractivity (Wildman–Crippen MR) is 297 cm³/mol. The Labute approximate surface area is 425 Å². The number of unbranched alkanes of at least 4 members (excludes halogenated alkanes) is 24. The van der Waals surface area contributed by atoms with Gasteiger partial charge < -0.3 is 14.2 Å². The molecule has 69 heavy (non-hydrogen) atoms. The van der Waals surface area contributed by atoms with Crippen LogP contribution in [0.5, 0.6) is 0 Å². The lowest BCUT2D eigenvalue weighted by Crippen LogP contribution is -2.30. The topological polar surface area (TPSA) is 78.9 Å². The van der Waals surface area contributed by atoms with Crippen molar-refractivity contribution >= 4 is 17.9 Å². The van der Waals surface area contributed by atoms with Crippen molar-refractivity contribution < 1.29 is 28.6 Å². The molecule has 0 fully saturated rings. The molecule has 0 rings (SSSR count). The van der Waals surface area contributed by atoms with Crippen molar-refractivity contribution in [3.8, 4) is 0 Å². The summed E-state index contributed by atoms with van der Waals surface area (Å²) >= 11 is 0. The summed E-state index contributed by atoms with van der Waals surface area (Å²) in [5, 5.41) is 0. The van der Waals surface area contributed by atoms with Crippen molar-refractivity contribution in [3.63, 3.8) is 0 Å². The predicted octanol–water partition coefficient (Wildman–Crippen LogP) is 19.1. The van der Waals surface area contributed by atoms with Crippen LogP contribution in [0, 0.1) is 0 Å². The minimum atomic E-state index is -0.829. The number of hydrogen-bond donors (Lipinski definition) is 0. The van der Waals surface area contributed by atoms with Crippen molar-refractivity contribution in [3.05, 3.63) is 109 Å². The molecule has 0 spiro atoms. The first-order valence-electron chi connectivity index (χ1n) is 28.4. The van der Waals surface area contributed by atoms with E-state index in [1.807, 2.05) is 0 Å². The smallest absolute Gasteiger partial charge is 0.306 e. The highest BCUT2D eigenvalue weighted by Crippen LogP contribution is 2.13. The maximum Gasteiger partial charge on any atom is 0.306 e. The van der Waals surface area contributed by atoms with Crippen molar-refractivity contribution in [2.45, 2.75) is 258 Å². The fourth-order valence-corrected chi connectivity index (χ4v) is 7.48. The van der Waals surface area contributed by atoms with Crippen LogP contribution in [0.2, 0.25) is 0 Å². The Morgan fingerprint density at radius 1 is 0.304 bits per heavy atom. The summed E-state index contributed by atoms with van der Waals surface area (Å²) in [5.41, 5.74) is 0. The molecule has 1 unspecified atom stereocenters. The Hall–Kier alpha value is -3.93. The number of esters is 3. The molecule has 1 atom stereocenters. The molecule has 0 saturated carbocycles. The monoisotopic (exact) mass is 957 g/mol. The van der Waals surface area contributed by atoms with Crippen LogP contribution in [0.15, 0.2) is 109 Å². The second kappa shape index (κ2) is 56.7. The Morgan fingerprint density at radius 3 is 1.03 bits per heavy atom. The van der Waals surface area contributed by atoms with Crippen LogP contribution in [0.4, 0.5) is 0 Å². The summed E-state index contributed by atoms with van der Waals surface area (Å²) in [6.07, 6.45) is 76.5. The summed E-state index contributed by atoms with van der Waals surface area (Å²) in [7, 11) is 0. The molecule has 0 heterocycles. The fourth-order valence-electron chi connectivity index (χ4n) is 7.48. The first-order valence-corrected chi connectivity index (χ1v) is 28.4. The lowest BCUT2D eigenvalue weighted by Gasteiger charge is -2.18. The minimum Gasteiger partial charge on any atom is -0.462 e. The highest BCUT2D eigenvalue weighted by molar-refractivity contribution is 5.71. The summed E-state index contributed by atoms with van der Waals surface area (Å²) in [4.78, 5) is 38.1. The zero-order valence-electron chi connectivity index (χ0n) is 44.8. The second-order valence-electron chi connectivity index (χ2n) is 18.6. The van der Waals surface area contributed by atoms with Gasteiger partial charge in [-0.15, -0.1) is 0 Å². The molecule has 0 aromatic heterocycles. The number of rotatable bonds is 50. The van der Waals surface area contributed by atoms with Crippen LogP contribution in [0.3, 0.4) is 0 Å². The molecular weight excluding hydrogens is 853 g/mol. The first kappa shape index (κ1) is 65.1. The Balaban J connectivity index is 4.57. The van der Waals surface area contributed by atoms with Gasteiger partial charge in [0.25, 0.3) is 0 Å². The van der Waals surface area contributed by atoms with Gasteiger partial charge in [0.1, 0.15) is 13.2 Å². The molecule has 0 saturated heterocycles. The van der Waals surface area contributed by atoms with Gasteiger partial charge in [-0.05, 0) is 109 Å². The highest BCUT2D eigenvalue weighted by Gasteiger charge is 2.19. The fraction of sp³-hybridized carbons (Fsp3) is 0.667. The van der Waals surface area contributed by atoms with E-state index >= 15 is 0 Å². The number of ether oxygens (including phenoxy) is 3. The van der Waals surface area contributed by atoms with Crippen molar-refractivity contribution in [2.75, 3.05) is 13.2 Å². The number of allylic oxidation sites excluding steroid dienone is 18. The highest BCUT2D eigenvalue weighted by atomic mass is 16.6. The van der Waals surface area contributed by atoms with Gasteiger partial charge >= 0.3 is 17.9 Å². The Kier molecular flexibility index (Phi) is 53.4. The van der Waals surface area contributed by atoms with E-state index < -0.39 is 6.10 Å². The third-order valence-corrected chi connectivity index (χ3v) is 11.8. The Morgan fingerprint density at radius 2 is 0.594 bits per heavy atom. The van der Waals surface area contributed by atoms with Crippen molar-refractivity contribution in [1.82, 2.24) is 0 Å². The van der Waals surface area contributed by atoms with Gasteiger partial charge in [0.2, 0.25) is 0 Å². The van der Waals surface area contributed by atoms with E-state index in [9.17, 15) is 14.4 Å². The van der Waals surface area contributed by atoms with E-state index in [2.05, 4.69) is 130 Å². The van der Waals surface area contributed by atoms with Crippen LogP contribution >= 0.6 is 0 Å². The molecule has 6 heteroatoms. The minimum absolute atomic E-state index is 0.121. The average molecular weight is 958 g/mol. The lowest BCUT2D eigenvalue weighted by atomic mass is 10.1. The van der Waals surface area contributed by atoms with E-state index in [0.29, 0.717) is 19.3 Å². The number of hydrogen-bond acceptors (Lipinski definition) is 6. The molecule has 392 valence electrons. The van der Waals surface area contributed by atoms with Gasteiger partial charge in [-0.25, -0.2) is 0 Å². The summed E-state index contributed by atoms with van der Waals surface area (Å²) in [6, 6.07) is 0. The molecule has 0 radical (unpaired) electrons. The quantitative estimate of drug-likeness (QED) is 0.0199. The molecule has 0 aromatic rings. The molecule has 0 aliphatic rings. The molecular formula is C63H104O6. The maximum atomic E-state index is 12.8. The molecule has 6 nitrogen and oxygen atoms in total. The largest absolute Gasteiger partial charge is 0.462 e. The van der Waals surface area contributed by atoms with E-state index in [4.69, 9.17) is 14.2 Å². The summed E-state index contributed by atoms with van der Waals surface area (Å²) in [5.74, 6) is -1.02. The molecule has 0 N–H and O–H groups in total. The van der Waals surface area contributed by atoms with Crippen LogP contribution in [0.1, 0.15) is 252 Å². The van der Waals surface area contributed by atoms with Crippen molar-refractivity contribution in [2.24, 2.45) is 0 Å². The third kappa shape index (κ3) is 54.9. The molecule has 0 aliphatic heterocycles. The zero-order chi connectivity index (χ0) is 50.0. The van der Waals surface area contributed by atoms with Gasteiger partial charge in [-0.2, -0.15) is 0 Å². The molecule has 0 amide bonds. The van der Waals surface area contributed by atoms with Crippen molar-refractivity contribution in [1.29, 1.82) is 0 Å². The molecule has 0 aliphatic carbocycles. The van der Waals surface area contributed by atoms with E-state index in [0.717, 1.165) is 103 Å². The van der Waals surface area contributed by atoms with Crippen LogP contribution < -0.4 is 0 Å². The SMILES string of the molecule is CCCCC/C=C\C/C=C\C/C=C\C/C=C\CCCC(=O)OC(COC(=O)CCCCC/C=C\C=C/CCCCCCCCC)COC(=O)CCCCCCC\C=C/C=C\C=C/CCCCCCC. The molecule has 0 bridgehead atoms. The third-order valence-electron chi connectivity index (χ3n) is 11.8. The summed E-state index contributed by atoms with van der Waals surface area (Å²) < 4.78 is 16.8.